The van der Waals surface area contributed by atoms with Gasteiger partial charge in [0.15, 0.2) is 0 Å². The number of nitrogens with zero attached hydrogens (tertiary/aromatic N) is 4. The summed E-state index contributed by atoms with van der Waals surface area (Å²) in [5.74, 6) is 0. The molecule has 0 fully saturated rings. The summed E-state index contributed by atoms with van der Waals surface area (Å²) in [6.07, 6.45) is 7.74. The summed E-state index contributed by atoms with van der Waals surface area (Å²) in [7, 11) is -3.23. The summed E-state index contributed by atoms with van der Waals surface area (Å²) >= 11 is 0. The Morgan fingerprint density at radius 3 is 1.13 bits per heavy atom. The fourth-order valence-corrected chi connectivity index (χ4v) is 4.64. The second-order valence-electron chi connectivity index (χ2n) is 11.5. The van der Waals surface area contributed by atoms with E-state index in [9.17, 15) is 0 Å². The van der Waals surface area contributed by atoms with Crippen LogP contribution in [0.2, 0.25) is 39.3 Å². The van der Waals surface area contributed by atoms with E-state index in [0.717, 1.165) is 22.8 Å². The van der Waals surface area contributed by atoms with Crippen molar-refractivity contribution in [3.8, 4) is 0 Å². The quantitative estimate of drug-likeness (QED) is 0.645. The van der Waals surface area contributed by atoms with Crippen molar-refractivity contribution in [1.82, 2.24) is 9.97 Å². The molecule has 1 rings (SSSR count). The van der Waals surface area contributed by atoms with Crippen molar-refractivity contribution >= 4 is 28.6 Å². The van der Waals surface area contributed by atoms with Crippen LogP contribution < -0.4 is 37.7 Å². The molecule has 0 saturated heterocycles. The van der Waals surface area contributed by atoms with Gasteiger partial charge in [0, 0.05) is 12.4 Å². The fourth-order valence-electron chi connectivity index (χ4n) is 2.40. The number of allylic oxidation sites excluding steroid dienone is 2. The largest absolute Gasteiger partial charge is 1.00 e. The Morgan fingerprint density at radius 1 is 0.667 bits per heavy atom. The summed E-state index contributed by atoms with van der Waals surface area (Å²) in [4.78, 5) is 19.5. The number of rotatable bonds is 6. The third-order valence-corrected chi connectivity index (χ3v) is 5.58. The molecule has 0 aliphatic rings. The molecule has 1 aromatic rings. The molecule has 0 saturated carbocycles. The van der Waals surface area contributed by atoms with Gasteiger partial charge in [-0.15, -0.1) is 0 Å². The van der Waals surface area contributed by atoms with Gasteiger partial charge >= 0.3 is 37.7 Å². The first-order valence-electron chi connectivity index (χ1n) is 10.1. The number of aromatic nitrogens is 2. The number of hydrogen-bond donors (Lipinski definition) is 0. The van der Waals surface area contributed by atoms with Crippen LogP contribution in [0.4, 0.5) is 0 Å². The van der Waals surface area contributed by atoms with E-state index in [1.165, 1.54) is 0 Å². The molecule has 0 radical (unpaired) electrons. The molecule has 0 aliphatic heterocycles. The van der Waals surface area contributed by atoms with Gasteiger partial charge < -0.3 is 9.96 Å². The van der Waals surface area contributed by atoms with Crippen LogP contribution in [-0.4, -0.2) is 26.4 Å². The molecule has 0 amide bonds. The Kier molecular flexibility index (Phi) is 12.4. The second-order valence-corrected chi connectivity index (χ2v) is 20.6. The second kappa shape index (κ2) is 11.6. The molecule has 0 aromatic carbocycles. The molecular weight excluding hydrogens is 390 g/mol. The van der Waals surface area contributed by atoms with Crippen LogP contribution in [0.5, 0.6) is 0 Å². The molecule has 0 atom stereocenters. The smallest absolute Gasteiger partial charge is 0.690 e. The van der Waals surface area contributed by atoms with Gasteiger partial charge in [0.05, 0.1) is 11.4 Å². The Hall–Kier alpha value is -0.211. The molecular formula is C22H40Li2N4Si2. The van der Waals surface area contributed by atoms with Crippen LogP contribution >= 0.6 is 0 Å². The molecule has 1 aromatic heterocycles. The molecule has 30 heavy (non-hydrogen) atoms. The van der Waals surface area contributed by atoms with Crippen LogP contribution in [0.25, 0.3) is 22.1 Å². The van der Waals surface area contributed by atoms with Crippen molar-refractivity contribution in [1.29, 1.82) is 0 Å². The molecule has 0 unspecified atom stereocenters. The van der Waals surface area contributed by atoms with Crippen LogP contribution in [0.15, 0.2) is 23.8 Å². The van der Waals surface area contributed by atoms with Crippen molar-refractivity contribution < 1.29 is 37.7 Å². The molecule has 0 N–H and O–H groups in total. The van der Waals surface area contributed by atoms with Crippen LogP contribution in [-0.2, 0) is 0 Å². The molecule has 0 aliphatic carbocycles. The summed E-state index contributed by atoms with van der Waals surface area (Å²) < 4.78 is 0. The van der Waals surface area contributed by atoms with Gasteiger partial charge in [-0.3, -0.25) is 9.97 Å². The van der Waals surface area contributed by atoms with Crippen LogP contribution in [0.1, 0.15) is 52.9 Å². The normalized spacial score (nSPS) is 13.9. The predicted octanol–water partition coefficient (Wildman–Crippen LogP) is 1.68. The average molecular weight is 431 g/mol. The van der Waals surface area contributed by atoms with Crippen LogP contribution in [0.3, 0.4) is 0 Å². The van der Waals surface area contributed by atoms with E-state index < -0.39 is 16.5 Å². The van der Waals surface area contributed by atoms with Crippen molar-refractivity contribution in [2.45, 2.75) is 80.8 Å². The molecule has 1 heterocycles. The first-order chi connectivity index (χ1) is 12.4. The van der Waals surface area contributed by atoms with E-state index in [4.69, 9.17) is 9.96 Å². The molecule has 0 bridgehead atoms. The van der Waals surface area contributed by atoms with E-state index in [2.05, 4.69) is 103 Å². The van der Waals surface area contributed by atoms with Gasteiger partial charge in [0.1, 0.15) is 0 Å². The Balaban J connectivity index is 0. The Bertz CT molecular complexity index is 672. The summed E-state index contributed by atoms with van der Waals surface area (Å²) in [5, 5.41) is 0. The van der Waals surface area contributed by atoms with Gasteiger partial charge in [-0.25, -0.2) is 0 Å². The van der Waals surface area contributed by atoms with Gasteiger partial charge in [-0.2, -0.15) is 11.4 Å². The fraction of sp³-hybridized carbons (Fsp3) is 0.636. The van der Waals surface area contributed by atoms with Gasteiger partial charge in [-0.1, -0.05) is 93.0 Å². The van der Waals surface area contributed by atoms with E-state index in [1.807, 2.05) is 0 Å². The molecule has 8 heteroatoms. The van der Waals surface area contributed by atoms with Gasteiger partial charge in [0.25, 0.3) is 0 Å². The van der Waals surface area contributed by atoms with Crippen molar-refractivity contribution in [2.24, 2.45) is 10.8 Å². The van der Waals surface area contributed by atoms with E-state index in [1.54, 1.807) is 12.4 Å². The molecule has 158 valence electrons. The maximum atomic E-state index is 5.10. The first kappa shape index (κ1) is 32.0. The minimum Gasteiger partial charge on any atom is -0.690 e. The van der Waals surface area contributed by atoms with Crippen molar-refractivity contribution in [3.63, 3.8) is 0 Å². The van der Waals surface area contributed by atoms with Crippen LogP contribution in [0, 0.1) is 10.8 Å². The predicted molar refractivity (Wildman–Crippen MR) is 130 cm³/mol. The average Bonchev–Trinajstić information content (AvgIpc) is 2.43. The van der Waals surface area contributed by atoms with Crippen molar-refractivity contribution in [2.75, 3.05) is 0 Å². The minimum atomic E-state index is -1.61. The maximum Gasteiger partial charge on any atom is 1.00 e. The topological polar surface area (TPSA) is 54.0 Å². The summed E-state index contributed by atoms with van der Waals surface area (Å²) in [5.41, 5.74) is 3.80. The summed E-state index contributed by atoms with van der Waals surface area (Å²) in [6, 6.07) is 0. The maximum absolute atomic E-state index is 5.10. The molecule has 4 nitrogen and oxygen atoms in total. The Labute approximate surface area is 212 Å². The summed E-state index contributed by atoms with van der Waals surface area (Å²) in [6.45, 7) is 26.8. The SMILES string of the molecule is CC(C)(C)/C(=C\c1nccnc1/C=C(/[N-][Si](C)(C)C)C(C)(C)C)[N-][Si](C)(C)C.[Li+].[Li+]. The van der Waals surface area contributed by atoms with Gasteiger partial charge in [0.2, 0.25) is 0 Å². The monoisotopic (exact) mass is 430 g/mol. The van der Waals surface area contributed by atoms with E-state index >= 15 is 0 Å². The third kappa shape index (κ3) is 12.0. The zero-order valence-electron chi connectivity index (χ0n) is 22.1. The van der Waals surface area contributed by atoms with Gasteiger partial charge in [-0.05, 0) is 27.3 Å². The van der Waals surface area contributed by atoms with E-state index in [0.29, 0.717) is 0 Å². The van der Waals surface area contributed by atoms with E-state index in [-0.39, 0.29) is 48.6 Å². The Morgan fingerprint density at radius 2 is 0.933 bits per heavy atom. The zero-order valence-corrected chi connectivity index (χ0v) is 24.1. The zero-order chi connectivity index (χ0) is 22.0. The van der Waals surface area contributed by atoms with Crippen molar-refractivity contribution in [3.05, 3.63) is 45.1 Å². The standard InChI is InChI=1S/C22H40N4Si2.2Li/c1-21(2,3)19(25-27(7,8)9)15-17-18(24-14-13-23-17)16-20(22(4,5)6)26-28(10,11)12;;/h13-16H,1-12H3;;/q-2;2*+1/b19-15+,20-16+;;. The number of hydrogen-bond acceptors (Lipinski definition) is 2. The third-order valence-electron chi connectivity index (χ3n) is 3.75. The minimum absolute atomic E-state index is 0. The molecule has 0 spiro atoms. The first-order valence-corrected chi connectivity index (χ1v) is 17.0.